The number of esters is 1. The van der Waals surface area contributed by atoms with Gasteiger partial charge in [0, 0.05) is 12.6 Å². The van der Waals surface area contributed by atoms with E-state index in [1.807, 2.05) is 0 Å². The van der Waals surface area contributed by atoms with Gasteiger partial charge in [0.05, 0.1) is 20.2 Å². The average Bonchev–Trinajstić information content (AvgIpc) is 2.53. The Bertz CT molecular complexity index is 559. The minimum atomic E-state index is -0.940. The summed E-state index contributed by atoms with van der Waals surface area (Å²) in [7, 11) is 2.54. The molecule has 1 aliphatic heterocycles. The van der Waals surface area contributed by atoms with Crippen LogP contribution in [0.2, 0.25) is 0 Å². The van der Waals surface area contributed by atoms with Crippen molar-refractivity contribution in [2.75, 3.05) is 20.8 Å². The van der Waals surface area contributed by atoms with Crippen LogP contribution < -0.4 is 10.2 Å². The van der Waals surface area contributed by atoms with E-state index >= 15 is 0 Å². The van der Waals surface area contributed by atoms with Crippen molar-refractivity contribution in [1.29, 1.82) is 0 Å². The Morgan fingerprint density at radius 3 is 2.74 bits per heavy atom. The second-order valence-corrected chi connectivity index (χ2v) is 5.59. The quantitative estimate of drug-likeness (QED) is 0.637. The normalized spacial score (nSPS) is 19.9. The van der Waals surface area contributed by atoms with E-state index in [1.165, 1.54) is 20.3 Å². The van der Waals surface area contributed by atoms with Gasteiger partial charge >= 0.3 is 12.8 Å². The Morgan fingerprint density at radius 2 is 2.09 bits per heavy atom. The second-order valence-electron chi connectivity index (χ2n) is 5.59. The predicted octanol–water partition coefficient (Wildman–Crippen LogP) is 0.985. The summed E-state index contributed by atoms with van der Waals surface area (Å²) in [6.45, 7) is -0.620. The fourth-order valence-electron chi connectivity index (χ4n) is 2.90. The van der Waals surface area contributed by atoms with Crippen LogP contribution in [0.15, 0.2) is 12.1 Å². The van der Waals surface area contributed by atoms with Gasteiger partial charge < -0.3 is 19.8 Å². The van der Waals surface area contributed by atoms with Crippen LogP contribution in [-0.2, 0) is 4.74 Å². The van der Waals surface area contributed by atoms with Crippen molar-refractivity contribution in [2.24, 2.45) is 0 Å². The van der Waals surface area contributed by atoms with E-state index in [0.29, 0.717) is 13.0 Å². The highest BCUT2D eigenvalue weighted by atomic mass is 19.1. The average molecular weight is 325 g/mol. The Morgan fingerprint density at radius 1 is 1.35 bits per heavy atom. The molecule has 0 aliphatic carbocycles. The van der Waals surface area contributed by atoms with Gasteiger partial charge in [-0.1, -0.05) is 12.8 Å². The number of ether oxygens (including phenoxy) is 2. The summed E-state index contributed by atoms with van der Waals surface area (Å²) in [6.07, 6.45) is 2.88. The molecule has 6 nitrogen and oxygen atoms in total. The first-order chi connectivity index (χ1) is 11.0. The SMILES string of the molecule is COC(=O)c1cc(B2C(O)CCCCCN2O)c(F)cc1OC. The molecule has 2 N–H and O–H groups in total. The van der Waals surface area contributed by atoms with Gasteiger partial charge in [-0.05, 0) is 24.4 Å². The third-order valence-electron chi connectivity index (χ3n) is 4.12. The molecule has 1 aliphatic rings. The van der Waals surface area contributed by atoms with Crippen molar-refractivity contribution in [3.05, 3.63) is 23.5 Å². The predicted molar refractivity (Wildman–Crippen MR) is 82.6 cm³/mol. The summed E-state index contributed by atoms with van der Waals surface area (Å²) in [6, 6.07) is 1.41. The number of halogens is 1. The molecule has 0 saturated carbocycles. The zero-order chi connectivity index (χ0) is 17.0. The Hall–Kier alpha value is -1.64. The number of nitrogens with zero attached hydrogens (tertiary/aromatic N) is 1. The molecule has 1 unspecified atom stereocenters. The van der Waals surface area contributed by atoms with Crippen molar-refractivity contribution in [3.63, 3.8) is 0 Å². The van der Waals surface area contributed by atoms with Gasteiger partial charge in [0.2, 0.25) is 0 Å². The van der Waals surface area contributed by atoms with Crippen LogP contribution in [0.3, 0.4) is 0 Å². The first-order valence-electron chi connectivity index (χ1n) is 7.59. The summed E-state index contributed by atoms with van der Waals surface area (Å²) in [5.41, 5.74) is 0.0946. The minimum absolute atomic E-state index is 0.0444. The molecule has 2 rings (SSSR count). The molecular weight excluding hydrogens is 304 g/mol. The fraction of sp³-hybridized carbons (Fsp3) is 0.533. The molecule has 23 heavy (non-hydrogen) atoms. The molecule has 0 spiro atoms. The van der Waals surface area contributed by atoms with Gasteiger partial charge in [-0.15, -0.1) is 0 Å². The topological polar surface area (TPSA) is 79.2 Å². The summed E-state index contributed by atoms with van der Waals surface area (Å²) in [4.78, 5) is 12.8. The van der Waals surface area contributed by atoms with Crippen LogP contribution >= 0.6 is 0 Å². The zero-order valence-corrected chi connectivity index (χ0v) is 13.3. The lowest BCUT2D eigenvalue weighted by Gasteiger charge is -2.30. The van der Waals surface area contributed by atoms with E-state index < -0.39 is 24.6 Å². The lowest BCUT2D eigenvalue weighted by atomic mass is 9.49. The Kier molecular flexibility index (Phi) is 5.98. The number of hydrogen-bond donors (Lipinski definition) is 2. The number of rotatable bonds is 3. The number of carbonyl (C=O) groups excluding carboxylic acids is 1. The van der Waals surface area contributed by atoms with Crippen molar-refractivity contribution >= 4 is 18.3 Å². The highest BCUT2D eigenvalue weighted by molar-refractivity contribution is 6.71. The number of aliphatic hydroxyl groups excluding tert-OH is 1. The van der Waals surface area contributed by atoms with Gasteiger partial charge in [-0.3, -0.25) is 0 Å². The maximum atomic E-state index is 14.5. The Labute approximate surface area is 134 Å². The van der Waals surface area contributed by atoms with E-state index in [-0.39, 0.29) is 16.8 Å². The van der Waals surface area contributed by atoms with E-state index in [0.717, 1.165) is 30.3 Å². The molecule has 1 atom stereocenters. The van der Waals surface area contributed by atoms with Crippen molar-refractivity contribution < 1.29 is 29.0 Å². The highest BCUT2D eigenvalue weighted by Gasteiger charge is 2.36. The van der Waals surface area contributed by atoms with Crippen molar-refractivity contribution in [1.82, 2.24) is 4.97 Å². The lowest BCUT2D eigenvalue weighted by Crippen LogP contribution is -2.57. The molecule has 1 aromatic carbocycles. The summed E-state index contributed by atoms with van der Waals surface area (Å²) in [5, 5.41) is 20.5. The number of hydrogen-bond acceptors (Lipinski definition) is 6. The van der Waals surface area contributed by atoms with Crippen LogP contribution in [0.1, 0.15) is 36.0 Å². The van der Waals surface area contributed by atoms with Gasteiger partial charge in [-0.25, -0.2) is 14.2 Å². The first-order valence-corrected chi connectivity index (χ1v) is 7.59. The number of benzene rings is 1. The monoisotopic (exact) mass is 325 g/mol. The number of carbonyl (C=O) groups is 1. The van der Waals surface area contributed by atoms with Gasteiger partial charge in [0.1, 0.15) is 17.1 Å². The molecule has 1 aromatic rings. The number of aliphatic hydroxyl groups is 1. The van der Waals surface area contributed by atoms with Crippen molar-refractivity contribution in [3.8, 4) is 5.75 Å². The summed E-state index contributed by atoms with van der Waals surface area (Å²) < 4.78 is 24.2. The van der Waals surface area contributed by atoms with Crippen LogP contribution in [-0.4, -0.2) is 54.9 Å². The third-order valence-corrected chi connectivity index (χ3v) is 4.12. The maximum Gasteiger partial charge on any atom is 0.341 e. The standard InChI is InChI=1S/C15H21BFNO5/c1-22-13-9-12(17)11(8-10(13)15(20)23-2)16-14(19)6-4-3-5-7-18(16)21/h8-9,14,19,21H,3-7H2,1-2H3. The molecular formula is C15H21BFNO5. The van der Waals surface area contributed by atoms with Crippen LogP contribution in [0.25, 0.3) is 0 Å². The number of hydroxylamine groups is 1. The van der Waals surface area contributed by atoms with E-state index in [2.05, 4.69) is 4.74 Å². The fourth-order valence-corrected chi connectivity index (χ4v) is 2.90. The molecule has 1 heterocycles. The first kappa shape index (κ1) is 17.7. The summed E-state index contributed by atoms with van der Waals surface area (Å²) >= 11 is 0. The molecule has 0 bridgehead atoms. The highest BCUT2D eigenvalue weighted by Crippen LogP contribution is 2.22. The zero-order valence-electron chi connectivity index (χ0n) is 13.3. The van der Waals surface area contributed by atoms with Crippen molar-refractivity contribution in [2.45, 2.75) is 31.7 Å². The Balaban J connectivity index is 2.48. The van der Waals surface area contributed by atoms with Gasteiger partial charge in [0.25, 0.3) is 0 Å². The van der Waals surface area contributed by atoms with Crippen LogP contribution in [0.5, 0.6) is 5.75 Å². The largest absolute Gasteiger partial charge is 0.496 e. The second kappa shape index (κ2) is 7.76. The molecule has 1 saturated heterocycles. The maximum absolute atomic E-state index is 14.5. The molecule has 0 aromatic heterocycles. The molecule has 1 fully saturated rings. The molecule has 126 valence electrons. The molecule has 0 radical (unpaired) electrons. The van der Waals surface area contributed by atoms with E-state index in [1.54, 1.807) is 0 Å². The summed E-state index contributed by atoms with van der Waals surface area (Å²) in [5.74, 6) is -1.28. The third kappa shape index (κ3) is 3.83. The van der Waals surface area contributed by atoms with Crippen LogP contribution in [0, 0.1) is 5.82 Å². The minimum Gasteiger partial charge on any atom is -0.496 e. The van der Waals surface area contributed by atoms with Gasteiger partial charge in [-0.2, -0.15) is 0 Å². The lowest BCUT2D eigenvalue weighted by molar-refractivity contribution is -0.0165. The number of methoxy groups -OCH3 is 2. The smallest absolute Gasteiger partial charge is 0.341 e. The van der Waals surface area contributed by atoms with Crippen LogP contribution in [0.4, 0.5) is 4.39 Å². The molecule has 0 amide bonds. The van der Waals surface area contributed by atoms with E-state index in [9.17, 15) is 19.5 Å². The van der Waals surface area contributed by atoms with Gasteiger partial charge in [0.15, 0.2) is 0 Å². The molecule has 8 heteroatoms. The van der Waals surface area contributed by atoms with E-state index in [4.69, 9.17) is 4.74 Å².